The number of nitrogens with one attached hydrogen (secondary N) is 2. The maximum atomic E-state index is 5.94. The molecule has 0 radical (unpaired) electrons. The zero-order chi connectivity index (χ0) is 18.8. The number of ether oxygens (including phenoxy) is 2. The van der Waals surface area contributed by atoms with E-state index in [0.29, 0.717) is 10.9 Å². The summed E-state index contributed by atoms with van der Waals surface area (Å²) in [7, 11) is 3.27. The first-order valence-corrected chi connectivity index (χ1v) is 8.80. The Labute approximate surface area is 161 Å². The average molecular weight is 378 g/mol. The molecule has 1 heterocycles. The van der Waals surface area contributed by atoms with E-state index in [1.807, 2.05) is 60.7 Å². The van der Waals surface area contributed by atoms with Crippen LogP contribution < -0.4 is 20.1 Å². The highest BCUT2D eigenvalue weighted by molar-refractivity contribution is 7.80. The van der Waals surface area contributed by atoms with Crippen molar-refractivity contribution in [2.24, 2.45) is 0 Å². The van der Waals surface area contributed by atoms with Crippen molar-refractivity contribution in [1.82, 2.24) is 0 Å². The third-order valence-corrected chi connectivity index (χ3v) is 4.50. The van der Waals surface area contributed by atoms with Crippen LogP contribution in [-0.2, 0) is 0 Å². The third kappa shape index (κ3) is 3.39. The second-order valence-electron chi connectivity index (χ2n) is 5.95. The van der Waals surface area contributed by atoms with Crippen LogP contribution in [0, 0.1) is 0 Å². The van der Waals surface area contributed by atoms with E-state index in [1.165, 1.54) is 0 Å². The van der Waals surface area contributed by atoms with E-state index in [-0.39, 0.29) is 0 Å². The van der Waals surface area contributed by atoms with Crippen molar-refractivity contribution in [3.8, 4) is 11.5 Å². The van der Waals surface area contributed by atoms with E-state index < -0.39 is 0 Å². The first-order chi connectivity index (χ1) is 13.2. The average Bonchev–Trinajstić information content (AvgIpc) is 3.05. The van der Waals surface area contributed by atoms with E-state index >= 15 is 0 Å². The molecule has 6 heteroatoms. The Morgan fingerprint density at radius 1 is 0.852 bits per heavy atom. The molecule has 27 heavy (non-hydrogen) atoms. The molecule has 0 bridgehead atoms. The Bertz CT molecular complexity index is 1120. The number of thiocarbonyl (C=S) groups is 1. The van der Waals surface area contributed by atoms with Gasteiger partial charge in [-0.15, -0.1) is 0 Å². The lowest BCUT2D eigenvalue weighted by atomic mass is 10.1. The van der Waals surface area contributed by atoms with Crippen molar-refractivity contribution in [3.63, 3.8) is 0 Å². The molecule has 136 valence electrons. The Kier molecular flexibility index (Phi) is 4.56. The number of anilines is 2. The van der Waals surface area contributed by atoms with Crippen LogP contribution in [0.15, 0.2) is 65.1 Å². The summed E-state index contributed by atoms with van der Waals surface area (Å²) in [4.78, 5) is 0. The molecule has 4 aromatic rings. The van der Waals surface area contributed by atoms with Crippen molar-refractivity contribution in [2.45, 2.75) is 0 Å². The molecule has 0 spiro atoms. The topological polar surface area (TPSA) is 55.7 Å². The number of hydrogen-bond acceptors (Lipinski definition) is 4. The lowest BCUT2D eigenvalue weighted by Crippen LogP contribution is -2.19. The molecule has 5 nitrogen and oxygen atoms in total. The molecule has 0 aliphatic carbocycles. The number of rotatable bonds is 4. The minimum Gasteiger partial charge on any atom is -0.497 e. The highest BCUT2D eigenvalue weighted by Crippen LogP contribution is 2.36. The molecule has 0 amide bonds. The molecule has 0 aliphatic rings. The molecule has 0 saturated carbocycles. The van der Waals surface area contributed by atoms with E-state index in [2.05, 4.69) is 10.6 Å². The molecular formula is C21H18N2O3S. The molecule has 0 atom stereocenters. The van der Waals surface area contributed by atoms with Gasteiger partial charge in [0.25, 0.3) is 0 Å². The number of para-hydroxylation sites is 1. The summed E-state index contributed by atoms with van der Waals surface area (Å²) >= 11 is 5.43. The van der Waals surface area contributed by atoms with Crippen molar-refractivity contribution in [3.05, 3.63) is 60.7 Å². The van der Waals surface area contributed by atoms with E-state index in [1.54, 1.807) is 14.2 Å². The van der Waals surface area contributed by atoms with Crippen LogP contribution >= 0.6 is 12.2 Å². The molecule has 0 aliphatic heterocycles. The van der Waals surface area contributed by atoms with Gasteiger partial charge in [-0.3, -0.25) is 0 Å². The van der Waals surface area contributed by atoms with Crippen LogP contribution in [0.25, 0.3) is 21.9 Å². The Balaban J connectivity index is 1.61. The Morgan fingerprint density at radius 3 is 2.37 bits per heavy atom. The molecule has 0 saturated heterocycles. The summed E-state index contributed by atoms with van der Waals surface area (Å²) in [5.74, 6) is 1.48. The quantitative estimate of drug-likeness (QED) is 0.463. The summed E-state index contributed by atoms with van der Waals surface area (Å²) in [6.07, 6.45) is 0. The van der Waals surface area contributed by atoms with E-state index in [9.17, 15) is 0 Å². The van der Waals surface area contributed by atoms with Crippen LogP contribution in [-0.4, -0.2) is 19.3 Å². The molecule has 1 aromatic heterocycles. The monoisotopic (exact) mass is 378 g/mol. The van der Waals surface area contributed by atoms with Gasteiger partial charge in [-0.1, -0.05) is 18.2 Å². The standard InChI is InChI=1S/C21H18N2O3S/c1-24-14-9-7-13(8-10-14)22-21(27)23-17-12-19-16(11-20(17)25-2)15-5-3-4-6-18(15)26-19/h3-12H,1-2H3,(H2,22,23,27). The Hall–Kier alpha value is -3.25. The molecule has 4 rings (SSSR count). The van der Waals surface area contributed by atoms with Crippen LogP contribution in [0.4, 0.5) is 11.4 Å². The number of fused-ring (bicyclic) bond motifs is 3. The van der Waals surface area contributed by atoms with Gasteiger partial charge in [0.15, 0.2) is 5.11 Å². The Morgan fingerprint density at radius 2 is 1.63 bits per heavy atom. The molecule has 3 aromatic carbocycles. The number of methoxy groups -OCH3 is 2. The second kappa shape index (κ2) is 7.17. The fourth-order valence-corrected chi connectivity index (χ4v) is 3.20. The van der Waals surface area contributed by atoms with Gasteiger partial charge in [0.05, 0.1) is 19.9 Å². The summed E-state index contributed by atoms with van der Waals surface area (Å²) in [5.41, 5.74) is 3.20. The fourth-order valence-electron chi connectivity index (χ4n) is 2.98. The first-order valence-electron chi connectivity index (χ1n) is 8.39. The molecule has 0 unspecified atom stereocenters. The van der Waals surface area contributed by atoms with E-state index in [4.69, 9.17) is 26.1 Å². The van der Waals surface area contributed by atoms with Gasteiger partial charge >= 0.3 is 0 Å². The highest BCUT2D eigenvalue weighted by atomic mass is 32.1. The predicted octanol–water partition coefficient (Wildman–Crippen LogP) is 5.41. The van der Waals surface area contributed by atoms with Crippen LogP contribution in [0.1, 0.15) is 0 Å². The third-order valence-electron chi connectivity index (χ3n) is 4.29. The zero-order valence-electron chi connectivity index (χ0n) is 14.9. The highest BCUT2D eigenvalue weighted by Gasteiger charge is 2.13. The smallest absolute Gasteiger partial charge is 0.175 e. The summed E-state index contributed by atoms with van der Waals surface area (Å²) in [5, 5.41) is 8.83. The van der Waals surface area contributed by atoms with Gasteiger partial charge in [-0.05, 0) is 48.6 Å². The SMILES string of the molecule is COc1ccc(NC(=S)Nc2cc3oc4ccccc4c3cc2OC)cc1. The van der Waals surface area contributed by atoms with Crippen molar-refractivity contribution in [2.75, 3.05) is 24.9 Å². The fraction of sp³-hybridized carbons (Fsp3) is 0.0952. The van der Waals surface area contributed by atoms with Crippen LogP contribution in [0.5, 0.6) is 11.5 Å². The number of benzene rings is 3. The van der Waals surface area contributed by atoms with Gasteiger partial charge in [0.1, 0.15) is 22.7 Å². The zero-order valence-corrected chi connectivity index (χ0v) is 15.7. The number of hydrogen-bond donors (Lipinski definition) is 2. The first kappa shape index (κ1) is 17.2. The summed E-state index contributed by atoms with van der Waals surface area (Å²) in [6.45, 7) is 0. The van der Waals surface area contributed by atoms with Gasteiger partial charge in [0.2, 0.25) is 0 Å². The minimum atomic E-state index is 0.453. The molecule has 2 N–H and O–H groups in total. The lowest BCUT2D eigenvalue weighted by molar-refractivity contribution is 0.415. The van der Waals surface area contributed by atoms with Gasteiger partial charge in [0, 0.05) is 22.5 Å². The minimum absolute atomic E-state index is 0.453. The predicted molar refractivity (Wildman–Crippen MR) is 113 cm³/mol. The van der Waals surface area contributed by atoms with Crippen molar-refractivity contribution >= 4 is 50.6 Å². The molecule has 0 fully saturated rings. The number of furan rings is 1. The molecular weight excluding hydrogens is 360 g/mol. The van der Waals surface area contributed by atoms with Gasteiger partial charge in [-0.25, -0.2) is 0 Å². The maximum Gasteiger partial charge on any atom is 0.175 e. The normalized spacial score (nSPS) is 10.7. The van der Waals surface area contributed by atoms with Crippen LogP contribution in [0.3, 0.4) is 0 Å². The summed E-state index contributed by atoms with van der Waals surface area (Å²) in [6, 6.07) is 19.3. The largest absolute Gasteiger partial charge is 0.497 e. The summed E-state index contributed by atoms with van der Waals surface area (Å²) < 4.78 is 16.7. The van der Waals surface area contributed by atoms with Crippen LogP contribution in [0.2, 0.25) is 0 Å². The van der Waals surface area contributed by atoms with E-state index in [0.717, 1.165) is 39.1 Å². The van der Waals surface area contributed by atoms with Crippen molar-refractivity contribution < 1.29 is 13.9 Å². The van der Waals surface area contributed by atoms with Crippen molar-refractivity contribution in [1.29, 1.82) is 0 Å². The van der Waals surface area contributed by atoms with Gasteiger partial charge in [-0.2, -0.15) is 0 Å². The van der Waals surface area contributed by atoms with Gasteiger partial charge < -0.3 is 24.5 Å². The lowest BCUT2D eigenvalue weighted by Gasteiger charge is -2.14. The second-order valence-corrected chi connectivity index (χ2v) is 6.36. The maximum absolute atomic E-state index is 5.94.